The summed E-state index contributed by atoms with van der Waals surface area (Å²) >= 11 is 7.58. The molecule has 20 heavy (non-hydrogen) atoms. The molecule has 1 fully saturated rings. The topological polar surface area (TPSA) is 40.5 Å². The highest BCUT2D eigenvalue weighted by atomic mass is 35.5. The number of hydrogen-bond acceptors (Lipinski definition) is 3. The smallest absolute Gasteiger partial charge is 0.222 e. The van der Waals surface area contributed by atoms with Crippen LogP contribution in [0, 0.1) is 0 Å². The van der Waals surface area contributed by atoms with Gasteiger partial charge in [-0.1, -0.05) is 11.6 Å². The minimum Gasteiger partial charge on any atom is -0.394 e. The van der Waals surface area contributed by atoms with Crippen molar-refractivity contribution in [2.24, 2.45) is 0 Å². The van der Waals surface area contributed by atoms with E-state index in [9.17, 15) is 9.90 Å². The lowest BCUT2D eigenvalue weighted by molar-refractivity contribution is -0.132. The summed E-state index contributed by atoms with van der Waals surface area (Å²) < 4.78 is 0. The molecule has 0 unspecified atom stereocenters. The SMILES string of the molecule is O=C(CCCSc1ccc(Cl)cc1)N1CCC[C@@H]1CO. The highest BCUT2D eigenvalue weighted by molar-refractivity contribution is 7.99. The number of rotatable bonds is 6. The predicted molar refractivity (Wildman–Crippen MR) is 83.2 cm³/mol. The first-order valence-electron chi connectivity index (χ1n) is 6.99. The van der Waals surface area contributed by atoms with Gasteiger partial charge in [0.2, 0.25) is 5.91 Å². The Kier molecular flexibility index (Phi) is 6.20. The Labute approximate surface area is 129 Å². The second-order valence-electron chi connectivity index (χ2n) is 4.97. The number of likely N-dealkylation sites (tertiary alicyclic amines) is 1. The molecule has 110 valence electrons. The third-order valence-corrected chi connectivity index (χ3v) is 4.88. The van der Waals surface area contributed by atoms with E-state index in [4.69, 9.17) is 11.6 Å². The van der Waals surface area contributed by atoms with Crippen LogP contribution in [0.4, 0.5) is 0 Å². The number of carbonyl (C=O) groups is 1. The summed E-state index contributed by atoms with van der Waals surface area (Å²) in [4.78, 5) is 15.1. The van der Waals surface area contributed by atoms with Gasteiger partial charge in [0, 0.05) is 22.9 Å². The molecule has 0 spiro atoms. The lowest BCUT2D eigenvalue weighted by Gasteiger charge is -2.22. The Hall–Kier alpha value is -0.710. The number of amides is 1. The second kappa shape index (κ2) is 7.91. The molecule has 1 aromatic carbocycles. The first-order chi connectivity index (χ1) is 9.70. The van der Waals surface area contributed by atoms with Crippen molar-refractivity contribution >= 4 is 29.3 Å². The van der Waals surface area contributed by atoms with Gasteiger partial charge >= 0.3 is 0 Å². The highest BCUT2D eigenvalue weighted by Gasteiger charge is 2.27. The highest BCUT2D eigenvalue weighted by Crippen LogP contribution is 2.22. The molecule has 0 aromatic heterocycles. The zero-order chi connectivity index (χ0) is 14.4. The normalized spacial score (nSPS) is 18.5. The summed E-state index contributed by atoms with van der Waals surface area (Å²) in [6.45, 7) is 0.889. The first kappa shape index (κ1) is 15.7. The van der Waals surface area contributed by atoms with Crippen molar-refractivity contribution in [3.63, 3.8) is 0 Å². The van der Waals surface area contributed by atoms with Gasteiger partial charge in [-0.05, 0) is 49.3 Å². The summed E-state index contributed by atoms with van der Waals surface area (Å²) in [7, 11) is 0. The summed E-state index contributed by atoms with van der Waals surface area (Å²) in [5, 5.41) is 9.96. The maximum atomic E-state index is 12.1. The zero-order valence-electron chi connectivity index (χ0n) is 11.4. The van der Waals surface area contributed by atoms with Crippen LogP contribution in [-0.4, -0.2) is 40.9 Å². The fourth-order valence-electron chi connectivity index (χ4n) is 2.44. The van der Waals surface area contributed by atoms with Gasteiger partial charge in [0.15, 0.2) is 0 Å². The van der Waals surface area contributed by atoms with E-state index < -0.39 is 0 Å². The molecule has 0 bridgehead atoms. The standard InChI is InChI=1S/C15H20ClNO2S/c16-12-5-7-14(8-6-12)20-10-2-4-15(19)17-9-1-3-13(17)11-18/h5-8,13,18H,1-4,9-11H2/t13-/m1/s1. The number of benzene rings is 1. The van der Waals surface area contributed by atoms with Crippen molar-refractivity contribution in [3.8, 4) is 0 Å². The largest absolute Gasteiger partial charge is 0.394 e. The van der Waals surface area contributed by atoms with Crippen molar-refractivity contribution < 1.29 is 9.90 Å². The van der Waals surface area contributed by atoms with E-state index in [2.05, 4.69) is 0 Å². The summed E-state index contributed by atoms with van der Waals surface area (Å²) in [6.07, 6.45) is 3.37. The minimum absolute atomic E-state index is 0.0476. The first-order valence-corrected chi connectivity index (χ1v) is 8.36. The van der Waals surface area contributed by atoms with Gasteiger partial charge < -0.3 is 10.0 Å². The fourth-order valence-corrected chi connectivity index (χ4v) is 3.42. The van der Waals surface area contributed by atoms with Crippen molar-refractivity contribution in [1.29, 1.82) is 0 Å². The maximum Gasteiger partial charge on any atom is 0.222 e. The van der Waals surface area contributed by atoms with Gasteiger partial charge in [0.05, 0.1) is 12.6 Å². The average molecular weight is 314 g/mol. The molecular formula is C15H20ClNO2S. The van der Waals surface area contributed by atoms with Crippen LogP contribution in [0.15, 0.2) is 29.2 Å². The molecule has 1 aromatic rings. The Bertz CT molecular complexity index is 438. The number of aliphatic hydroxyl groups is 1. The minimum atomic E-state index is 0.0476. The van der Waals surface area contributed by atoms with Gasteiger partial charge in [-0.15, -0.1) is 11.8 Å². The number of aliphatic hydroxyl groups excluding tert-OH is 1. The molecule has 1 aliphatic rings. The number of carbonyl (C=O) groups excluding carboxylic acids is 1. The molecule has 5 heteroatoms. The van der Waals surface area contributed by atoms with Crippen molar-refractivity contribution in [2.75, 3.05) is 18.9 Å². The third-order valence-electron chi connectivity index (χ3n) is 3.53. The predicted octanol–water partition coefficient (Wildman–Crippen LogP) is 3.20. The van der Waals surface area contributed by atoms with E-state index in [-0.39, 0.29) is 18.6 Å². The van der Waals surface area contributed by atoms with Gasteiger partial charge in [-0.2, -0.15) is 0 Å². The van der Waals surface area contributed by atoms with Crippen molar-refractivity contribution in [1.82, 2.24) is 4.90 Å². The number of halogens is 1. The summed E-state index contributed by atoms with van der Waals surface area (Å²) in [5.74, 6) is 1.10. The average Bonchev–Trinajstić information content (AvgIpc) is 2.94. The van der Waals surface area contributed by atoms with Crippen LogP contribution < -0.4 is 0 Å². The Balaban J connectivity index is 1.68. The van der Waals surface area contributed by atoms with Crippen LogP contribution >= 0.6 is 23.4 Å². The second-order valence-corrected chi connectivity index (χ2v) is 6.58. The molecule has 2 rings (SSSR count). The zero-order valence-corrected chi connectivity index (χ0v) is 13.0. The number of thioether (sulfide) groups is 1. The molecule has 1 aliphatic heterocycles. The number of nitrogens with zero attached hydrogens (tertiary/aromatic N) is 1. The maximum absolute atomic E-state index is 12.1. The molecule has 0 aliphatic carbocycles. The van der Waals surface area contributed by atoms with E-state index in [0.29, 0.717) is 6.42 Å². The van der Waals surface area contributed by atoms with E-state index in [1.165, 1.54) is 4.90 Å². The molecule has 1 heterocycles. The monoisotopic (exact) mass is 313 g/mol. The van der Waals surface area contributed by atoms with E-state index in [0.717, 1.165) is 36.6 Å². The quantitative estimate of drug-likeness (QED) is 0.647. The third kappa shape index (κ3) is 4.40. The molecule has 1 atom stereocenters. The molecular weight excluding hydrogens is 294 g/mol. The Morgan fingerprint density at radius 1 is 1.40 bits per heavy atom. The molecule has 0 saturated carbocycles. The van der Waals surface area contributed by atoms with Gasteiger partial charge in [-0.3, -0.25) is 4.79 Å². The lowest BCUT2D eigenvalue weighted by Crippen LogP contribution is -2.37. The van der Waals surface area contributed by atoms with Crippen LogP contribution in [0.5, 0.6) is 0 Å². The molecule has 1 N–H and O–H groups in total. The molecule has 1 saturated heterocycles. The van der Waals surface area contributed by atoms with E-state index in [1.54, 1.807) is 11.8 Å². The lowest BCUT2D eigenvalue weighted by atomic mass is 10.2. The van der Waals surface area contributed by atoms with Crippen LogP contribution in [-0.2, 0) is 4.79 Å². The molecule has 0 radical (unpaired) electrons. The summed E-state index contributed by atoms with van der Waals surface area (Å²) in [6, 6.07) is 7.80. The Morgan fingerprint density at radius 3 is 2.85 bits per heavy atom. The van der Waals surface area contributed by atoms with Gasteiger partial charge in [-0.25, -0.2) is 0 Å². The van der Waals surface area contributed by atoms with Crippen LogP contribution in [0.3, 0.4) is 0 Å². The van der Waals surface area contributed by atoms with Crippen LogP contribution in [0.25, 0.3) is 0 Å². The molecule has 3 nitrogen and oxygen atoms in total. The Morgan fingerprint density at radius 2 is 2.15 bits per heavy atom. The van der Waals surface area contributed by atoms with E-state index >= 15 is 0 Å². The van der Waals surface area contributed by atoms with E-state index in [1.807, 2.05) is 29.2 Å². The van der Waals surface area contributed by atoms with Crippen LogP contribution in [0.1, 0.15) is 25.7 Å². The van der Waals surface area contributed by atoms with Crippen molar-refractivity contribution in [2.45, 2.75) is 36.6 Å². The molecule has 1 amide bonds. The fraction of sp³-hybridized carbons (Fsp3) is 0.533. The van der Waals surface area contributed by atoms with Gasteiger partial charge in [0.1, 0.15) is 0 Å². The summed E-state index contributed by atoms with van der Waals surface area (Å²) in [5.41, 5.74) is 0. The number of hydrogen-bond donors (Lipinski definition) is 1. The van der Waals surface area contributed by atoms with Crippen molar-refractivity contribution in [3.05, 3.63) is 29.3 Å². The van der Waals surface area contributed by atoms with Crippen LogP contribution in [0.2, 0.25) is 5.02 Å². The van der Waals surface area contributed by atoms with Gasteiger partial charge in [0.25, 0.3) is 0 Å².